The molecule has 1 aliphatic heterocycles. The highest BCUT2D eigenvalue weighted by Crippen LogP contribution is 2.29. The summed E-state index contributed by atoms with van der Waals surface area (Å²) in [5.41, 5.74) is 2.02. The Labute approximate surface area is 159 Å². The van der Waals surface area contributed by atoms with E-state index in [1.54, 1.807) is 11.3 Å². The molecule has 0 saturated carbocycles. The fourth-order valence-electron chi connectivity index (χ4n) is 3.13. The van der Waals surface area contributed by atoms with E-state index in [2.05, 4.69) is 22.6 Å². The van der Waals surface area contributed by atoms with E-state index >= 15 is 0 Å². The number of carbonyl (C=O) groups is 1. The summed E-state index contributed by atoms with van der Waals surface area (Å²) < 4.78 is 0. The number of piperidine rings is 1. The number of nitrogens with one attached hydrogen (secondary N) is 1. The average molecular weight is 374 g/mol. The number of hydrogen-bond donors (Lipinski definition) is 1. The number of pyridine rings is 1. The van der Waals surface area contributed by atoms with Gasteiger partial charge in [-0.15, -0.1) is 11.3 Å². The Morgan fingerprint density at radius 1 is 1.35 bits per heavy atom. The minimum atomic E-state index is -0.0148. The minimum absolute atomic E-state index is 0.0148. The molecule has 26 heavy (non-hydrogen) atoms. The van der Waals surface area contributed by atoms with Crippen molar-refractivity contribution in [2.75, 3.05) is 32.1 Å². The van der Waals surface area contributed by atoms with E-state index in [9.17, 15) is 4.79 Å². The minimum Gasteiger partial charge on any atom is -0.363 e. The average Bonchev–Trinajstić information content (AvgIpc) is 3.16. The molecule has 1 fully saturated rings. The second kappa shape index (κ2) is 8.49. The van der Waals surface area contributed by atoms with E-state index in [1.807, 2.05) is 42.1 Å². The topological polar surface area (TPSA) is 61.4 Å². The van der Waals surface area contributed by atoms with Crippen molar-refractivity contribution in [1.82, 2.24) is 20.2 Å². The van der Waals surface area contributed by atoms with Gasteiger partial charge in [0, 0.05) is 38.5 Å². The van der Waals surface area contributed by atoms with Crippen LogP contribution in [-0.2, 0) is 13.0 Å². The summed E-state index contributed by atoms with van der Waals surface area (Å²) in [6, 6.07) is 5.85. The summed E-state index contributed by atoms with van der Waals surface area (Å²) in [6.45, 7) is 4.12. The molecular weight excluding hydrogens is 346 g/mol. The van der Waals surface area contributed by atoms with Crippen LogP contribution in [0.15, 0.2) is 23.6 Å². The molecule has 1 aliphatic rings. The van der Waals surface area contributed by atoms with Gasteiger partial charge in [0.05, 0.1) is 22.9 Å². The van der Waals surface area contributed by atoms with E-state index in [-0.39, 0.29) is 6.03 Å². The zero-order chi connectivity index (χ0) is 18.5. The normalized spacial score (nSPS) is 17.2. The van der Waals surface area contributed by atoms with Gasteiger partial charge in [0.2, 0.25) is 0 Å². The smallest absolute Gasteiger partial charge is 0.317 e. The van der Waals surface area contributed by atoms with Crippen molar-refractivity contribution in [1.29, 1.82) is 0 Å². The van der Waals surface area contributed by atoms with Crippen LogP contribution in [0.2, 0.25) is 0 Å². The predicted molar refractivity (Wildman–Crippen MR) is 106 cm³/mol. The lowest BCUT2D eigenvalue weighted by molar-refractivity contribution is 0.179. The number of hydrogen-bond acceptors (Lipinski definition) is 5. The van der Waals surface area contributed by atoms with Gasteiger partial charge in [0.1, 0.15) is 5.82 Å². The van der Waals surface area contributed by atoms with Crippen LogP contribution in [0.5, 0.6) is 0 Å². The third kappa shape index (κ3) is 4.52. The first-order valence-electron chi connectivity index (χ1n) is 9.17. The Bertz CT molecular complexity index is 745. The molecule has 6 nitrogen and oxygen atoms in total. The van der Waals surface area contributed by atoms with Crippen LogP contribution in [0.1, 0.15) is 42.1 Å². The number of anilines is 1. The lowest BCUT2D eigenvalue weighted by atomic mass is 9.99. The molecule has 140 valence electrons. The van der Waals surface area contributed by atoms with Crippen LogP contribution < -0.4 is 10.2 Å². The van der Waals surface area contributed by atoms with E-state index in [0.717, 1.165) is 49.6 Å². The zero-order valence-corrected chi connectivity index (χ0v) is 16.6. The lowest BCUT2D eigenvalue weighted by Crippen LogP contribution is -2.44. The standard InChI is InChI=1S/C19H27N5OS/c1-4-15-13-26-18(22-15)14-7-6-10-24(12-14)19(25)20-11-16-8-5-9-17(21-16)23(2)3/h5,8-9,13-14H,4,6-7,10-12H2,1-3H3,(H,20,25). The number of aryl methyl sites for hydroxylation is 1. The van der Waals surface area contributed by atoms with Crippen molar-refractivity contribution in [2.45, 2.75) is 38.6 Å². The summed E-state index contributed by atoms with van der Waals surface area (Å²) in [5, 5.41) is 6.32. The summed E-state index contributed by atoms with van der Waals surface area (Å²) >= 11 is 1.72. The summed E-state index contributed by atoms with van der Waals surface area (Å²) in [6.07, 6.45) is 3.09. The van der Waals surface area contributed by atoms with Gasteiger partial charge < -0.3 is 15.1 Å². The summed E-state index contributed by atoms with van der Waals surface area (Å²) in [5.74, 6) is 1.25. The molecule has 2 aromatic heterocycles. The molecular formula is C19H27N5OS. The van der Waals surface area contributed by atoms with Gasteiger partial charge in [0.25, 0.3) is 0 Å². The largest absolute Gasteiger partial charge is 0.363 e. The molecule has 0 aliphatic carbocycles. The molecule has 1 atom stereocenters. The lowest BCUT2D eigenvalue weighted by Gasteiger charge is -2.31. The molecule has 0 aromatic carbocycles. The highest BCUT2D eigenvalue weighted by molar-refractivity contribution is 7.09. The van der Waals surface area contributed by atoms with Gasteiger partial charge >= 0.3 is 6.03 Å². The number of thiazole rings is 1. The van der Waals surface area contributed by atoms with Crippen molar-refractivity contribution in [3.8, 4) is 0 Å². The van der Waals surface area contributed by atoms with Crippen LogP contribution in [0.4, 0.5) is 10.6 Å². The van der Waals surface area contributed by atoms with Crippen LogP contribution in [-0.4, -0.2) is 48.1 Å². The van der Waals surface area contributed by atoms with Gasteiger partial charge in [-0.05, 0) is 31.4 Å². The van der Waals surface area contributed by atoms with Crippen LogP contribution >= 0.6 is 11.3 Å². The molecule has 1 saturated heterocycles. The maximum absolute atomic E-state index is 12.6. The Morgan fingerprint density at radius 3 is 2.92 bits per heavy atom. The first-order valence-corrected chi connectivity index (χ1v) is 10.0. The Balaban J connectivity index is 1.56. The Hall–Kier alpha value is -2.15. The highest BCUT2D eigenvalue weighted by Gasteiger charge is 2.26. The third-order valence-electron chi connectivity index (χ3n) is 4.66. The van der Waals surface area contributed by atoms with Crippen LogP contribution in [0, 0.1) is 0 Å². The Kier molecular flexibility index (Phi) is 6.08. The fraction of sp³-hybridized carbons (Fsp3) is 0.526. The fourth-order valence-corrected chi connectivity index (χ4v) is 4.16. The first kappa shape index (κ1) is 18.6. The molecule has 7 heteroatoms. The number of nitrogens with zero attached hydrogens (tertiary/aromatic N) is 4. The molecule has 0 spiro atoms. The van der Waals surface area contributed by atoms with E-state index in [4.69, 9.17) is 4.98 Å². The van der Waals surface area contributed by atoms with Crippen LogP contribution in [0.25, 0.3) is 0 Å². The SMILES string of the molecule is CCc1csc(C2CCCN(C(=O)NCc3cccc(N(C)C)n3)C2)n1. The zero-order valence-electron chi connectivity index (χ0n) is 15.7. The monoisotopic (exact) mass is 373 g/mol. The molecule has 0 radical (unpaired) electrons. The van der Waals surface area contributed by atoms with Gasteiger partial charge in [-0.1, -0.05) is 13.0 Å². The number of carbonyl (C=O) groups excluding carboxylic acids is 1. The van der Waals surface area contributed by atoms with Crippen molar-refractivity contribution < 1.29 is 4.79 Å². The first-order chi connectivity index (χ1) is 12.6. The van der Waals surface area contributed by atoms with Crippen molar-refractivity contribution in [3.05, 3.63) is 40.0 Å². The number of rotatable bonds is 5. The molecule has 1 unspecified atom stereocenters. The summed E-state index contributed by atoms with van der Waals surface area (Å²) in [4.78, 5) is 25.7. The number of amides is 2. The molecule has 3 rings (SSSR count). The van der Waals surface area contributed by atoms with Crippen molar-refractivity contribution >= 4 is 23.2 Å². The van der Waals surface area contributed by atoms with Crippen molar-refractivity contribution in [2.24, 2.45) is 0 Å². The van der Waals surface area contributed by atoms with Gasteiger partial charge in [-0.25, -0.2) is 14.8 Å². The maximum Gasteiger partial charge on any atom is 0.317 e. The summed E-state index contributed by atoms with van der Waals surface area (Å²) in [7, 11) is 3.92. The predicted octanol–water partition coefficient (Wildman–Crippen LogP) is 3.26. The van der Waals surface area contributed by atoms with Gasteiger partial charge in [-0.2, -0.15) is 0 Å². The van der Waals surface area contributed by atoms with Gasteiger partial charge in [0.15, 0.2) is 0 Å². The molecule has 2 amide bonds. The second-order valence-corrected chi connectivity index (χ2v) is 7.75. The number of likely N-dealkylation sites (tertiary alicyclic amines) is 1. The molecule has 1 N–H and O–H groups in total. The van der Waals surface area contributed by atoms with Crippen molar-refractivity contribution in [3.63, 3.8) is 0 Å². The molecule has 3 heterocycles. The third-order valence-corrected chi connectivity index (χ3v) is 5.72. The number of urea groups is 1. The second-order valence-electron chi connectivity index (χ2n) is 6.86. The van der Waals surface area contributed by atoms with E-state index in [1.165, 1.54) is 5.01 Å². The molecule has 2 aromatic rings. The Morgan fingerprint density at radius 2 is 2.19 bits per heavy atom. The van der Waals surface area contributed by atoms with E-state index in [0.29, 0.717) is 12.5 Å². The highest BCUT2D eigenvalue weighted by atomic mass is 32.1. The number of aromatic nitrogens is 2. The van der Waals surface area contributed by atoms with Crippen LogP contribution in [0.3, 0.4) is 0 Å². The van der Waals surface area contributed by atoms with E-state index < -0.39 is 0 Å². The molecule has 0 bridgehead atoms. The quantitative estimate of drug-likeness (QED) is 0.874. The van der Waals surface area contributed by atoms with Gasteiger partial charge in [-0.3, -0.25) is 0 Å². The maximum atomic E-state index is 12.6.